The summed E-state index contributed by atoms with van der Waals surface area (Å²) >= 11 is 0. The monoisotopic (exact) mass is 214 g/mol. The van der Waals surface area contributed by atoms with Gasteiger partial charge in [0.2, 0.25) is 0 Å². The standard InChI is InChI=1S/C12H10N2O2/c15-12-4-2-1-3-11(12)13-9-5-7-10(14-16)8-6-9/h1-8,13,15H. The van der Waals surface area contributed by atoms with Crippen molar-refractivity contribution in [1.82, 2.24) is 0 Å². The molecule has 0 amide bonds. The van der Waals surface area contributed by atoms with E-state index < -0.39 is 0 Å². The second-order valence-corrected chi connectivity index (χ2v) is 3.28. The molecule has 0 bridgehead atoms. The van der Waals surface area contributed by atoms with Gasteiger partial charge in [-0.05, 0) is 41.6 Å². The summed E-state index contributed by atoms with van der Waals surface area (Å²) in [5.74, 6) is 0.181. The highest BCUT2D eigenvalue weighted by Gasteiger charge is 1.99. The van der Waals surface area contributed by atoms with Crippen molar-refractivity contribution < 1.29 is 5.11 Å². The van der Waals surface area contributed by atoms with Gasteiger partial charge in [0, 0.05) is 5.69 Å². The van der Waals surface area contributed by atoms with Crippen LogP contribution in [0.1, 0.15) is 0 Å². The third kappa shape index (κ3) is 2.17. The number of benzene rings is 2. The van der Waals surface area contributed by atoms with E-state index in [2.05, 4.69) is 10.5 Å². The van der Waals surface area contributed by atoms with Gasteiger partial charge in [-0.15, -0.1) is 4.91 Å². The van der Waals surface area contributed by atoms with E-state index >= 15 is 0 Å². The summed E-state index contributed by atoms with van der Waals surface area (Å²) in [5, 5.41) is 15.4. The quantitative estimate of drug-likeness (QED) is 0.606. The summed E-state index contributed by atoms with van der Waals surface area (Å²) in [6, 6.07) is 13.6. The van der Waals surface area contributed by atoms with Gasteiger partial charge in [-0.1, -0.05) is 12.1 Å². The number of phenols is 1. The molecule has 2 aromatic rings. The lowest BCUT2D eigenvalue weighted by Gasteiger charge is -2.07. The molecule has 2 aromatic carbocycles. The third-order valence-electron chi connectivity index (χ3n) is 2.16. The number of nitroso groups, excluding NO2 is 1. The minimum Gasteiger partial charge on any atom is -0.506 e. The lowest BCUT2D eigenvalue weighted by atomic mass is 10.2. The maximum atomic E-state index is 10.2. The van der Waals surface area contributed by atoms with Crippen molar-refractivity contribution in [3.8, 4) is 5.75 Å². The van der Waals surface area contributed by atoms with Crippen LogP contribution in [0.3, 0.4) is 0 Å². The van der Waals surface area contributed by atoms with Gasteiger partial charge >= 0.3 is 0 Å². The minimum atomic E-state index is 0.181. The number of anilines is 2. The van der Waals surface area contributed by atoms with Gasteiger partial charge in [-0.3, -0.25) is 0 Å². The summed E-state index contributed by atoms with van der Waals surface area (Å²) in [6.07, 6.45) is 0. The molecular formula is C12H10N2O2. The highest BCUT2D eigenvalue weighted by Crippen LogP contribution is 2.26. The molecule has 4 nitrogen and oxygen atoms in total. The Hall–Kier alpha value is -2.36. The van der Waals surface area contributed by atoms with E-state index in [9.17, 15) is 10.0 Å². The Morgan fingerprint density at radius 1 is 1.00 bits per heavy atom. The van der Waals surface area contributed by atoms with Crippen LogP contribution < -0.4 is 5.32 Å². The molecule has 0 aliphatic rings. The summed E-state index contributed by atoms with van der Waals surface area (Å²) < 4.78 is 0. The Morgan fingerprint density at radius 2 is 1.69 bits per heavy atom. The summed E-state index contributed by atoms with van der Waals surface area (Å²) in [7, 11) is 0. The van der Waals surface area contributed by atoms with Crippen molar-refractivity contribution in [2.45, 2.75) is 0 Å². The average Bonchev–Trinajstić information content (AvgIpc) is 2.33. The Morgan fingerprint density at radius 3 is 2.31 bits per heavy atom. The number of hydrogen-bond donors (Lipinski definition) is 2. The van der Waals surface area contributed by atoms with Crippen LogP contribution in [0, 0.1) is 4.91 Å². The van der Waals surface area contributed by atoms with E-state index in [0.29, 0.717) is 11.4 Å². The molecule has 0 spiro atoms. The van der Waals surface area contributed by atoms with Crippen LogP contribution in [-0.2, 0) is 0 Å². The van der Waals surface area contributed by atoms with Crippen LogP contribution in [-0.4, -0.2) is 5.11 Å². The van der Waals surface area contributed by atoms with Gasteiger partial charge in [0.15, 0.2) is 0 Å². The van der Waals surface area contributed by atoms with E-state index in [0.717, 1.165) is 5.69 Å². The largest absolute Gasteiger partial charge is 0.506 e. The predicted molar refractivity (Wildman–Crippen MR) is 63.3 cm³/mol. The number of aromatic hydroxyl groups is 1. The smallest absolute Gasteiger partial charge is 0.139 e. The van der Waals surface area contributed by atoms with Gasteiger partial charge in [-0.2, -0.15) is 0 Å². The predicted octanol–water partition coefficient (Wildman–Crippen LogP) is 3.53. The number of rotatable bonds is 3. The maximum Gasteiger partial charge on any atom is 0.139 e. The van der Waals surface area contributed by atoms with Crippen molar-refractivity contribution in [2.75, 3.05) is 5.32 Å². The fourth-order valence-electron chi connectivity index (χ4n) is 1.34. The molecule has 0 atom stereocenters. The highest BCUT2D eigenvalue weighted by atomic mass is 16.3. The molecule has 0 heterocycles. The zero-order valence-electron chi connectivity index (χ0n) is 8.42. The van der Waals surface area contributed by atoms with Crippen LogP contribution in [0.25, 0.3) is 0 Å². The molecule has 0 unspecified atom stereocenters. The molecule has 16 heavy (non-hydrogen) atoms. The summed E-state index contributed by atoms with van der Waals surface area (Å²) in [4.78, 5) is 10.2. The average molecular weight is 214 g/mol. The topological polar surface area (TPSA) is 61.7 Å². The van der Waals surface area contributed by atoms with Gasteiger partial charge in [0.25, 0.3) is 0 Å². The molecule has 0 aromatic heterocycles. The van der Waals surface area contributed by atoms with Crippen LogP contribution in [0.5, 0.6) is 5.75 Å². The van der Waals surface area contributed by atoms with Gasteiger partial charge in [-0.25, -0.2) is 0 Å². The van der Waals surface area contributed by atoms with E-state index in [-0.39, 0.29) is 5.75 Å². The fraction of sp³-hybridized carbons (Fsp3) is 0. The first kappa shape index (κ1) is 10.2. The Kier molecular flexibility index (Phi) is 2.82. The van der Waals surface area contributed by atoms with E-state index in [1.54, 1.807) is 42.5 Å². The number of nitrogens with one attached hydrogen (secondary N) is 1. The molecule has 80 valence electrons. The van der Waals surface area contributed by atoms with Crippen LogP contribution in [0.15, 0.2) is 53.7 Å². The zero-order chi connectivity index (χ0) is 11.4. The van der Waals surface area contributed by atoms with Crippen molar-refractivity contribution >= 4 is 17.1 Å². The normalized spacial score (nSPS) is 9.75. The maximum absolute atomic E-state index is 10.2. The van der Waals surface area contributed by atoms with Crippen LogP contribution in [0.4, 0.5) is 17.1 Å². The second-order valence-electron chi connectivity index (χ2n) is 3.28. The molecule has 2 N–H and O–H groups in total. The Balaban J connectivity index is 2.21. The second kappa shape index (κ2) is 4.44. The van der Waals surface area contributed by atoms with Gasteiger partial charge in [0.05, 0.1) is 5.69 Å². The number of para-hydroxylation sites is 2. The fourth-order valence-corrected chi connectivity index (χ4v) is 1.34. The molecule has 0 radical (unpaired) electrons. The van der Waals surface area contributed by atoms with Crippen LogP contribution in [0.2, 0.25) is 0 Å². The van der Waals surface area contributed by atoms with E-state index in [4.69, 9.17) is 0 Å². The van der Waals surface area contributed by atoms with Crippen molar-refractivity contribution in [2.24, 2.45) is 5.18 Å². The molecule has 0 saturated heterocycles. The first-order valence-corrected chi connectivity index (χ1v) is 4.78. The van der Waals surface area contributed by atoms with Crippen molar-refractivity contribution in [1.29, 1.82) is 0 Å². The molecule has 0 aliphatic carbocycles. The lowest BCUT2D eigenvalue weighted by molar-refractivity contribution is 0.478. The molecular weight excluding hydrogens is 204 g/mol. The molecule has 0 aliphatic heterocycles. The van der Waals surface area contributed by atoms with E-state index in [1.807, 2.05) is 6.07 Å². The van der Waals surface area contributed by atoms with E-state index in [1.165, 1.54) is 0 Å². The first-order valence-electron chi connectivity index (χ1n) is 4.78. The summed E-state index contributed by atoms with van der Waals surface area (Å²) in [6.45, 7) is 0. The lowest BCUT2D eigenvalue weighted by Crippen LogP contribution is -1.89. The summed E-state index contributed by atoms with van der Waals surface area (Å²) in [5.41, 5.74) is 1.78. The SMILES string of the molecule is O=Nc1ccc(Nc2ccccc2O)cc1. The van der Waals surface area contributed by atoms with Crippen molar-refractivity contribution in [3.05, 3.63) is 53.4 Å². The first-order chi connectivity index (χ1) is 7.79. The van der Waals surface area contributed by atoms with Crippen molar-refractivity contribution in [3.63, 3.8) is 0 Å². The molecule has 0 saturated carbocycles. The minimum absolute atomic E-state index is 0.181. The third-order valence-corrected chi connectivity index (χ3v) is 2.16. The molecule has 0 fully saturated rings. The molecule has 4 heteroatoms. The Labute approximate surface area is 92.5 Å². The van der Waals surface area contributed by atoms with Crippen LogP contribution >= 0.6 is 0 Å². The molecule has 2 rings (SSSR count). The Bertz CT molecular complexity index is 495. The zero-order valence-corrected chi connectivity index (χ0v) is 8.42. The number of nitrogens with zero attached hydrogens (tertiary/aromatic N) is 1. The highest BCUT2D eigenvalue weighted by molar-refractivity contribution is 5.66. The van der Waals surface area contributed by atoms with Gasteiger partial charge in [0.1, 0.15) is 11.4 Å². The van der Waals surface area contributed by atoms with Gasteiger partial charge < -0.3 is 10.4 Å². The number of hydrogen-bond acceptors (Lipinski definition) is 4. The number of phenolic OH excluding ortho intramolecular Hbond substituents is 1.